The number of rotatable bonds is 6. The molecular formula is C30H31N3O3. The lowest BCUT2D eigenvalue weighted by atomic mass is 9.98. The van der Waals surface area contributed by atoms with Crippen LogP contribution in [0.5, 0.6) is 11.5 Å². The maximum Gasteiger partial charge on any atom is 0.339 e. The molecule has 1 aromatic heterocycles. The van der Waals surface area contributed by atoms with Crippen LogP contribution in [0.1, 0.15) is 58.9 Å². The summed E-state index contributed by atoms with van der Waals surface area (Å²) in [5, 5.41) is 9.75. The summed E-state index contributed by atoms with van der Waals surface area (Å²) in [5.41, 5.74) is 4.64. The molecule has 0 amide bonds. The Kier molecular flexibility index (Phi) is 6.20. The van der Waals surface area contributed by atoms with Gasteiger partial charge in [0.2, 0.25) is 0 Å². The number of hydrogen-bond donors (Lipinski definition) is 1. The summed E-state index contributed by atoms with van der Waals surface area (Å²) in [6.07, 6.45) is 11.3. The second-order valence-corrected chi connectivity index (χ2v) is 9.93. The Morgan fingerprint density at radius 3 is 2.64 bits per heavy atom. The standard InChI is InChI=1S/C30H31N3O3/c34-30(35)26-12-11-24(19-29(26)36-25-18-22-8-4-9-27(22)31-20-25)32-16-13-23(14-17-32)33-15-5-10-28(33)21-6-2-1-3-7-21/h1-4,6-8,11-12,18-20,23,28H,5,9-10,13-17H2,(H,34,35). The van der Waals surface area contributed by atoms with Crippen molar-refractivity contribution in [2.75, 3.05) is 24.5 Å². The highest BCUT2D eigenvalue weighted by atomic mass is 16.5. The van der Waals surface area contributed by atoms with E-state index in [1.807, 2.05) is 24.3 Å². The van der Waals surface area contributed by atoms with E-state index in [2.05, 4.69) is 51.2 Å². The van der Waals surface area contributed by atoms with Crippen LogP contribution in [-0.4, -0.2) is 46.6 Å². The van der Waals surface area contributed by atoms with Crippen molar-refractivity contribution >= 4 is 17.7 Å². The van der Waals surface area contributed by atoms with Gasteiger partial charge in [-0.3, -0.25) is 9.88 Å². The molecule has 1 aliphatic carbocycles. The Morgan fingerprint density at radius 1 is 1.00 bits per heavy atom. The minimum absolute atomic E-state index is 0.160. The van der Waals surface area contributed by atoms with E-state index in [0.717, 1.165) is 49.3 Å². The summed E-state index contributed by atoms with van der Waals surface area (Å²) in [6.45, 7) is 3.05. The first-order chi connectivity index (χ1) is 17.7. The van der Waals surface area contributed by atoms with Crippen molar-refractivity contribution in [2.45, 2.75) is 44.2 Å². The van der Waals surface area contributed by atoms with Crippen molar-refractivity contribution in [3.8, 4) is 11.5 Å². The molecule has 2 aromatic carbocycles. The molecule has 1 atom stereocenters. The second kappa shape index (κ2) is 9.78. The summed E-state index contributed by atoms with van der Waals surface area (Å²) < 4.78 is 6.08. The van der Waals surface area contributed by atoms with E-state index in [0.29, 0.717) is 23.6 Å². The van der Waals surface area contributed by atoms with Gasteiger partial charge in [0.25, 0.3) is 0 Å². The van der Waals surface area contributed by atoms with Gasteiger partial charge in [-0.05, 0) is 61.6 Å². The molecule has 2 aliphatic heterocycles. The van der Waals surface area contributed by atoms with Gasteiger partial charge in [0.15, 0.2) is 0 Å². The number of hydrogen-bond acceptors (Lipinski definition) is 5. The number of carboxylic acid groups (broad SMARTS) is 1. The van der Waals surface area contributed by atoms with Gasteiger partial charge in [-0.1, -0.05) is 42.5 Å². The summed E-state index contributed by atoms with van der Waals surface area (Å²) in [7, 11) is 0. The van der Waals surface area contributed by atoms with E-state index in [-0.39, 0.29) is 5.56 Å². The van der Waals surface area contributed by atoms with Crippen molar-refractivity contribution in [1.82, 2.24) is 9.88 Å². The van der Waals surface area contributed by atoms with Gasteiger partial charge in [0.1, 0.15) is 17.1 Å². The quantitative estimate of drug-likeness (QED) is 0.470. The number of aromatic nitrogens is 1. The number of fused-ring (bicyclic) bond motifs is 1. The lowest BCUT2D eigenvalue weighted by Crippen LogP contribution is -2.44. The molecule has 0 radical (unpaired) electrons. The molecule has 3 aromatic rings. The zero-order chi connectivity index (χ0) is 24.5. The van der Waals surface area contributed by atoms with Gasteiger partial charge in [-0.25, -0.2) is 4.79 Å². The Labute approximate surface area is 211 Å². The van der Waals surface area contributed by atoms with Crippen LogP contribution in [0.4, 0.5) is 5.69 Å². The van der Waals surface area contributed by atoms with Gasteiger partial charge < -0.3 is 14.7 Å². The average molecular weight is 482 g/mol. The number of ether oxygens (including phenoxy) is 1. The van der Waals surface area contributed by atoms with E-state index >= 15 is 0 Å². The molecule has 3 aliphatic rings. The number of aromatic carboxylic acids is 1. The lowest BCUT2D eigenvalue weighted by Gasteiger charge is -2.40. The molecule has 1 N–H and O–H groups in total. The zero-order valence-corrected chi connectivity index (χ0v) is 20.3. The Hall–Kier alpha value is -3.64. The molecule has 2 saturated heterocycles. The van der Waals surface area contributed by atoms with Gasteiger partial charge in [-0.2, -0.15) is 0 Å². The third-order valence-corrected chi connectivity index (χ3v) is 7.79. The Morgan fingerprint density at radius 2 is 1.83 bits per heavy atom. The minimum atomic E-state index is -0.995. The predicted molar refractivity (Wildman–Crippen MR) is 141 cm³/mol. The normalized spacial score (nSPS) is 20.0. The number of carboxylic acids is 1. The third-order valence-electron chi connectivity index (χ3n) is 7.79. The molecule has 0 bridgehead atoms. The smallest absolute Gasteiger partial charge is 0.339 e. The van der Waals surface area contributed by atoms with Crippen LogP contribution >= 0.6 is 0 Å². The number of allylic oxidation sites excluding steroid dienone is 1. The highest BCUT2D eigenvalue weighted by molar-refractivity contribution is 5.91. The van der Waals surface area contributed by atoms with E-state index in [1.165, 1.54) is 24.9 Å². The molecule has 36 heavy (non-hydrogen) atoms. The fourth-order valence-corrected chi connectivity index (χ4v) is 5.97. The van der Waals surface area contributed by atoms with Crippen LogP contribution in [-0.2, 0) is 6.42 Å². The molecule has 0 spiro atoms. The van der Waals surface area contributed by atoms with Crippen molar-refractivity contribution in [2.24, 2.45) is 0 Å². The molecule has 0 saturated carbocycles. The molecule has 3 heterocycles. The van der Waals surface area contributed by atoms with Gasteiger partial charge in [0.05, 0.1) is 11.9 Å². The monoisotopic (exact) mass is 481 g/mol. The Balaban J connectivity index is 1.17. The van der Waals surface area contributed by atoms with Gasteiger partial charge in [-0.15, -0.1) is 0 Å². The highest BCUT2D eigenvalue weighted by Crippen LogP contribution is 2.37. The predicted octanol–water partition coefficient (Wildman–Crippen LogP) is 5.95. The van der Waals surface area contributed by atoms with E-state index in [1.54, 1.807) is 12.3 Å². The number of anilines is 1. The lowest BCUT2D eigenvalue weighted by molar-refractivity contribution is 0.0694. The molecular weight excluding hydrogens is 450 g/mol. The minimum Gasteiger partial charge on any atom is -0.478 e. The molecule has 184 valence electrons. The molecule has 2 fully saturated rings. The second-order valence-electron chi connectivity index (χ2n) is 9.93. The van der Waals surface area contributed by atoms with Crippen LogP contribution in [0, 0.1) is 0 Å². The van der Waals surface area contributed by atoms with Crippen molar-refractivity contribution in [3.05, 3.63) is 89.3 Å². The van der Waals surface area contributed by atoms with E-state index < -0.39 is 5.97 Å². The third kappa shape index (κ3) is 4.49. The van der Waals surface area contributed by atoms with Crippen molar-refractivity contribution in [3.63, 3.8) is 0 Å². The number of pyridine rings is 1. The largest absolute Gasteiger partial charge is 0.478 e. The first-order valence-corrected chi connectivity index (χ1v) is 12.9. The number of carbonyl (C=O) groups is 1. The summed E-state index contributed by atoms with van der Waals surface area (Å²) >= 11 is 0. The van der Waals surface area contributed by atoms with Crippen LogP contribution in [0.15, 0.2) is 66.9 Å². The van der Waals surface area contributed by atoms with Crippen LogP contribution in [0.2, 0.25) is 0 Å². The summed E-state index contributed by atoms with van der Waals surface area (Å²) in [4.78, 5) is 21.4. The van der Waals surface area contributed by atoms with Crippen molar-refractivity contribution < 1.29 is 14.6 Å². The zero-order valence-electron chi connectivity index (χ0n) is 20.3. The maximum atomic E-state index is 11.9. The Bertz CT molecular complexity index is 1280. The number of piperidine rings is 1. The number of likely N-dealkylation sites (tertiary alicyclic amines) is 1. The van der Waals surface area contributed by atoms with E-state index in [9.17, 15) is 9.90 Å². The SMILES string of the molecule is O=C(O)c1ccc(N2CCC(N3CCCC3c3ccccc3)CC2)cc1Oc1cnc2c(c1)C=CC2. The van der Waals surface area contributed by atoms with Crippen molar-refractivity contribution in [1.29, 1.82) is 0 Å². The highest BCUT2D eigenvalue weighted by Gasteiger charge is 2.33. The fourth-order valence-electron chi connectivity index (χ4n) is 5.97. The first kappa shape index (κ1) is 22.8. The number of benzene rings is 2. The first-order valence-electron chi connectivity index (χ1n) is 12.9. The maximum absolute atomic E-state index is 11.9. The van der Waals surface area contributed by atoms with Crippen LogP contribution < -0.4 is 9.64 Å². The van der Waals surface area contributed by atoms with E-state index in [4.69, 9.17) is 4.74 Å². The fraction of sp³-hybridized carbons (Fsp3) is 0.333. The molecule has 6 nitrogen and oxygen atoms in total. The molecule has 6 rings (SSSR count). The van der Waals surface area contributed by atoms with Crippen LogP contribution in [0.25, 0.3) is 6.08 Å². The molecule has 6 heteroatoms. The number of nitrogens with zero attached hydrogens (tertiary/aromatic N) is 3. The van der Waals surface area contributed by atoms with Gasteiger partial charge in [0, 0.05) is 43.3 Å². The molecule has 1 unspecified atom stereocenters. The summed E-state index contributed by atoms with van der Waals surface area (Å²) in [6, 6.07) is 19.4. The van der Waals surface area contributed by atoms with Gasteiger partial charge >= 0.3 is 5.97 Å². The average Bonchev–Trinajstić information content (AvgIpc) is 3.59. The topological polar surface area (TPSA) is 65.9 Å². The van der Waals surface area contributed by atoms with Crippen LogP contribution in [0.3, 0.4) is 0 Å². The summed E-state index contributed by atoms with van der Waals surface area (Å²) in [5.74, 6) is -0.0839.